The highest BCUT2D eigenvalue weighted by Crippen LogP contribution is 2.26. The van der Waals surface area contributed by atoms with E-state index >= 15 is 0 Å². The van der Waals surface area contributed by atoms with Gasteiger partial charge in [0.25, 0.3) is 0 Å². The average molecular weight is 412 g/mol. The molecule has 1 aromatic rings. The maximum Gasteiger partial charge on any atom is 0.317 e. The lowest BCUT2D eigenvalue weighted by atomic mass is 9.97. The van der Waals surface area contributed by atoms with Crippen molar-refractivity contribution in [2.24, 2.45) is 5.92 Å². The number of likely N-dealkylation sites (tertiary alicyclic amines) is 1. The summed E-state index contributed by atoms with van der Waals surface area (Å²) in [6.07, 6.45) is 2.29. The number of rotatable bonds is 6. The Morgan fingerprint density at radius 3 is 2.43 bits per heavy atom. The number of urea groups is 1. The van der Waals surface area contributed by atoms with Crippen molar-refractivity contribution in [1.29, 1.82) is 0 Å². The second-order valence-electron chi connectivity index (χ2n) is 8.30. The minimum atomic E-state index is -3.66. The van der Waals surface area contributed by atoms with Crippen LogP contribution in [0.4, 0.5) is 4.79 Å². The van der Waals surface area contributed by atoms with Crippen LogP contribution in [0.1, 0.15) is 46.1 Å². The predicted molar refractivity (Wildman–Crippen MR) is 110 cm³/mol. The van der Waals surface area contributed by atoms with Crippen molar-refractivity contribution in [2.75, 3.05) is 26.7 Å². The first-order valence-electron chi connectivity index (χ1n) is 9.79. The molecule has 1 aliphatic rings. The van der Waals surface area contributed by atoms with E-state index in [0.717, 1.165) is 24.8 Å². The van der Waals surface area contributed by atoms with Crippen molar-refractivity contribution in [3.05, 3.63) is 23.8 Å². The van der Waals surface area contributed by atoms with E-state index in [2.05, 4.69) is 10.0 Å². The van der Waals surface area contributed by atoms with Gasteiger partial charge in [0.2, 0.25) is 10.0 Å². The summed E-state index contributed by atoms with van der Waals surface area (Å²) in [6, 6.07) is 5.17. The number of nitrogens with one attached hydrogen (secondary N) is 2. The van der Waals surface area contributed by atoms with Crippen LogP contribution in [-0.4, -0.2) is 51.6 Å². The van der Waals surface area contributed by atoms with E-state index in [0.29, 0.717) is 25.4 Å². The Morgan fingerprint density at radius 2 is 1.89 bits per heavy atom. The lowest BCUT2D eigenvalue weighted by Gasteiger charge is -2.34. The van der Waals surface area contributed by atoms with Crippen molar-refractivity contribution in [1.82, 2.24) is 14.9 Å². The number of hydrogen-bond acceptors (Lipinski definition) is 4. The van der Waals surface area contributed by atoms with E-state index in [9.17, 15) is 13.2 Å². The van der Waals surface area contributed by atoms with Crippen molar-refractivity contribution in [2.45, 2.75) is 57.4 Å². The molecular weight excluding hydrogens is 378 g/mol. The molecule has 0 radical (unpaired) electrons. The van der Waals surface area contributed by atoms with Crippen molar-refractivity contribution < 1.29 is 17.9 Å². The zero-order valence-corrected chi connectivity index (χ0v) is 18.4. The molecule has 0 bridgehead atoms. The van der Waals surface area contributed by atoms with Gasteiger partial charge in [0, 0.05) is 25.2 Å². The molecule has 2 N–H and O–H groups in total. The second-order valence-corrected chi connectivity index (χ2v) is 10.0. The van der Waals surface area contributed by atoms with Gasteiger partial charge in [0.1, 0.15) is 10.6 Å². The van der Waals surface area contributed by atoms with Crippen LogP contribution in [0.25, 0.3) is 0 Å². The van der Waals surface area contributed by atoms with E-state index in [1.54, 1.807) is 17.0 Å². The highest BCUT2D eigenvalue weighted by molar-refractivity contribution is 7.89. The summed E-state index contributed by atoms with van der Waals surface area (Å²) >= 11 is 0. The van der Waals surface area contributed by atoms with Gasteiger partial charge in [-0.3, -0.25) is 0 Å². The molecule has 28 heavy (non-hydrogen) atoms. The number of hydrogen-bond donors (Lipinski definition) is 2. The number of sulfonamides is 1. The smallest absolute Gasteiger partial charge is 0.317 e. The maximum absolute atomic E-state index is 12.8. The van der Waals surface area contributed by atoms with Crippen LogP contribution in [0, 0.1) is 5.92 Å². The molecule has 2 rings (SSSR count). The van der Waals surface area contributed by atoms with Crippen LogP contribution in [0.15, 0.2) is 23.1 Å². The Bertz CT molecular complexity index is 779. The van der Waals surface area contributed by atoms with Crippen LogP contribution in [-0.2, 0) is 16.4 Å². The fraction of sp³-hybridized carbons (Fsp3) is 0.650. The number of ether oxygens (including phenoxy) is 1. The molecule has 1 aliphatic heterocycles. The Hall–Kier alpha value is -1.80. The highest BCUT2D eigenvalue weighted by atomic mass is 32.2. The quantitative estimate of drug-likeness (QED) is 0.753. The first kappa shape index (κ1) is 22.5. The minimum absolute atomic E-state index is 0.0624. The van der Waals surface area contributed by atoms with E-state index < -0.39 is 10.0 Å². The van der Waals surface area contributed by atoms with E-state index in [4.69, 9.17) is 4.74 Å². The molecule has 1 aromatic carbocycles. The summed E-state index contributed by atoms with van der Waals surface area (Å²) in [5.41, 5.74) is 0.676. The summed E-state index contributed by atoms with van der Waals surface area (Å²) in [5.74, 6) is 0.548. The Labute approximate surface area is 168 Å². The Morgan fingerprint density at radius 1 is 1.25 bits per heavy atom. The molecule has 1 saturated heterocycles. The molecule has 1 heterocycles. The van der Waals surface area contributed by atoms with Crippen molar-refractivity contribution in [3.8, 4) is 5.75 Å². The lowest BCUT2D eigenvalue weighted by molar-refractivity contribution is 0.163. The molecule has 0 unspecified atom stereocenters. The third kappa shape index (κ3) is 6.10. The molecule has 158 valence electrons. The molecule has 7 nitrogen and oxygen atoms in total. The highest BCUT2D eigenvalue weighted by Gasteiger charge is 2.27. The molecule has 0 spiro atoms. The molecule has 0 aliphatic carbocycles. The fourth-order valence-corrected chi connectivity index (χ4v) is 4.53. The topological polar surface area (TPSA) is 87.7 Å². The summed E-state index contributed by atoms with van der Waals surface area (Å²) < 4.78 is 33.5. The van der Waals surface area contributed by atoms with Crippen LogP contribution in [0.5, 0.6) is 5.75 Å². The van der Waals surface area contributed by atoms with Gasteiger partial charge in [-0.25, -0.2) is 17.9 Å². The predicted octanol–water partition coefficient (Wildman–Crippen LogP) is 2.76. The minimum Gasteiger partial charge on any atom is -0.495 e. The normalized spacial score (nSPS) is 16.1. The first-order chi connectivity index (χ1) is 13.1. The van der Waals surface area contributed by atoms with Gasteiger partial charge < -0.3 is 15.0 Å². The van der Waals surface area contributed by atoms with Crippen LogP contribution >= 0.6 is 0 Å². The van der Waals surface area contributed by atoms with Gasteiger partial charge in [-0.15, -0.1) is 0 Å². The number of benzene rings is 1. The largest absolute Gasteiger partial charge is 0.495 e. The van der Waals surface area contributed by atoms with Crippen LogP contribution in [0.2, 0.25) is 0 Å². The molecule has 1 fully saturated rings. The number of amides is 2. The first-order valence-corrected chi connectivity index (χ1v) is 11.3. The molecule has 0 atom stereocenters. The summed E-state index contributed by atoms with van der Waals surface area (Å²) in [6.45, 7) is 9.45. The Balaban J connectivity index is 1.94. The zero-order chi connectivity index (χ0) is 20.9. The van der Waals surface area contributed by atoms with E-state index in [1.807, 2.05) is 33.8 Å². The van der Waals surface area contributed by atoms with Gasteiger partial charge in [0.05, 0.1) is 7.11 Å². The number of nitrogens with zero attached hydrogens (tertiary/aromatic N) is 1. The number of methoxy groups -OCH3 is 1. The van der Waals surface area contributed by atoms with Crippen LogP contribution in [0.3, 0.4) is 0 Å². The van der Waals surface area contributed by atoms with Gasteiger partial charge in [-0.2, -0.15) is 0 Å². The fourth-order valence-electron chi connectivity index (χ4n) is 3.20. The zero-order valence-electron chi connectivity index (χ0n) is 17.5. The molecule has 8 heteroatoms. The number of carbonyl (C=O) groups is 1. The lowest BCUT2D eigenvalue weighted by Crippen LogP contribution is -2.51. The molecule has 2 amide bonds. The van der Waals surface area contributed by atoms with E-state index in [1.165, 1.54) is 7.11 Å². The molecule has 0 aromatic heterocycles. The second kappa shape index (κ2) is 9.13. The summed E-state index contributed by atoms with van der Waals surface area (Å²) in [5, 5.41) is 2.97. The third-order valence-electron chi connectivity index (χ3n) is 4.87. The van der Waals surface area contributed by atoms with E-state index in [-0.39, 0.29) is 22.4 Å². The van der Waals surface area contributed by atoms with Gasteiger partial charge in [-0.05, 0) is 63.6 Å². The van der Waals surface area contributed by atoms with Crippen molar-refractivity contribution in [3.63, 3.8) is 0 Å². The summed E-state index contributed by atoms with van der Waals surface area (Å²) in [4.78, 5) is 14.2. The van der Waals surface area contributed by atoms with Crippen molar-refractivity contribution >= 4 is 16.1 Å². The average Bonchev–Trinajstić information content (AvgIpc) is 2.65. The molecule has 0 saturated carbocycles. The number of piperidine rings is 1. The van der Waals surface area contributed by atoms with Crippen LogP contribution < -0.4 is 14.8 Å². The summed E-state index contributed by atoms with van der Waals surface area (Å²) in [7, 11) is -2.19. The van der Waals surface area contributed by atoms with Gasteiger partial charge in [0.15, 0.2) is 0 Å². The maximum atomic E-state index is 12.8. The molecular formula is C20H33N3O4S. The number of carbonyl (C=O) groups excluding carboxylic acids is 1. The van der Waals surface area contributed by atoms with Gasteiger partial charge in [-0.1, -0.05) is 13.0 Å². The number of aryl methyl sites for hydroxylation is 1. The monoisotopic (exact) mass is 411 g/mol. The Kier molecular flexibility index (Phi) is 7.33. The third-order valence-corrected chi connectivity index (χ3v) is 6.32. The van der Waals surface area contributed by atoms with Gasteiger partial charge >= 0.3 is 6.03 Å². The SMILES string of the molecule is CCc1ccc(OC)c(S(=O)(=O)NCC2CCN(C(=O)NC(C)(C)C)CC2)c1. The standard InChI is InChI=1S/C20H33N3O4S/c1-6-15-7-8-17(27-5)18(13-15)28(25,26)21-14-16-9-11-23(12-10-16)19(24)22-20(2,3)4/h7-8,13,16,21H,6,9-12,14H2,1-5H3,(H,22,24).